The van der Waals surface area contributed by atoms with E-state index in [4.69, 9.17) is 16.4 Å². The molecule has 0 unspecified atom stereocenters. The van der Waals surface area contributed by atoms with Gasteiger partial charge in [0.15, 0.2) is 5.65 Å². The van der Waals surface area contributed by atoms with E-state index in [-0.39, 0.29) is 27.5 Å². The number of rotatable bonds is 8. The van der Waals surface area contributed by atoms with Gasteiger partial charge in [0.25, 0.3) is 11.5 Å². The molecule has 0 saturated heterocycles. The summed E-state index contributed by atoms with van der Waals surface area (Å²) < 4.78 is 54.0. The van der Waals surface area contributed by atoms with E-state index < -0.39 is 34.6 Å². The molecule has 0 radical (unpaired) electrons. The Balaban J connectivity index is 1.69. The predicted octanol–water partition coefficient (Wildman–Crippen LogP) is 4.55. The fourth-order valence-corrected chi connectivity index (χ4v) is 4.02. The highest BCUT2D eigenvalue weighted by Crippen LogP contribution is 2.32. The van der Waals surface area contributed by atoms with Gasteiger partial charge in [0, 0.05) is 46.5 Å². The number of halogens is 5. The number of likely N-dealkylation sites (N-methyl/N-ethyl adjacent to an activating group) is 1. The lowest BCUT2D eigenvalue weighted by atomic mass is 10.0. The molecule has 4 rings (SSSR count). The molecule has 2 aromatic heterocycles. The number of alkyl halides is 3. The first-order valence-corrected chi connectivity index (χ1v) is 12.1. The van der Waals surface area contributed by atoms with Crippen LogP contribution in [0, 0.1) is 5.82 Å². The Morgan fingerprint density at radius 2 is 1.88 bits per heavy atom. The number of benzene rings is 2. The van der Waals surface area contributed by atoms with Gasteiger partial charge >= 0.3 is 6.18 Å². The molecule has 2 heterocycles. The number of anilines is 2. The molecule has 0 aliphatic heterocycles. The molecule has 0 aliphatic carbocycles. The molecule has 2 aromatic carbocycles. The van der Waals surface area contributed by atoms with Gasteiger partial charge in [-0.3, -0.25) is 9.59 Å². The molecular weight excluding hydrogens is 556 g/mol. The van der Waals surface area contributed by atoms with Crippen LogP contribution in [0.1, 0.15) is 15.9 Å². The van der Waals surface area contributed by atoms with Crippen molar-refractivity contribution in [3.8, 4) is 11.1 Å². The Morgan fingerprint density at radius 1 is 1.12 bits per heavy atom. The number of hydrogen-bond donors (Lipinski definition) is 2. The summed E-state index contributed by atoms with van der Waals surface area (Å²) in [6.45, 7) is 1.29. The molecule has 210 valence electrons. The Morgan fingerprint density at radius 3 is 2.55 bits per heavy atom. The number of hydrogen-bond acceptors (Lipinski definition) is 7. The highest BCUT2D eigenvalue weighted by molar-refractivity contribution is 6.33. The molecule has 0 bridgehead atoms. The van der Waals surface area contributed by atoms with Crippen LogP contribution in [0.25, 0.3) is 22.2 Å². The summed E-state index contributed by atoms with van der Waals surface area (Å²) in [6, 6.07) is 7.18. The standard InChI is InChI=1S/C26H23ClF4N6O3/c1-36(2)7-6-32-25-33-13-15-10-20(24(39)37(40-3)22(15)35-25)19-12-18(4-5-21(19)27)34-23(38)14-8-16(26(29,30)31)11-17(28)9-14/h4-5,8-13H,6-7H2,1-3H3,(H,34,38)(H,32,33,35). The maximum Gasteiger partial charge on any atom is 0.416 e. The maximum atomic E-state index is 13.8. The number of amides is 1. The summed E-state index contributed by atoms with van der Waals surface area (Å²) >= 11 is 6.38. The zero-order chi connectivity index (χ0) is 29.2. The van der Waals surface area contributed by atoms with E-state index in [1.807, 2.05) is 19.0 Å². The average Bonchev–Trinajstić information content (AvgIpc) is 2.88. The second kappa shape index (κ2) is 11.5. The van der Waals surface area contributed by atoms with Crippen LogP contribution in [0.4, 0.5) is 29.2 Å². The van der Waals surface area contributed by atoms with E-state index in [0.29, 0.717) is 36.1 Å². The van der Waals surface area contributed by atoms with Crippen molar-refractivity contribution in [2.24, 2.45) is 0 Å². The largest absolute Gasteiger partial charge is 0.416 e. The van der Waals surface area contributed by atoms with E-state index in [9.17, 15) is 27.2 Å². The van der Waals surface area contributed by atoms with Gasteiger partial charge in [0.2, 0.25) is 5.95 Å². The third-order valence-corrected chi connectivity index (χ3v) is 6.06. The van der Waals surface area contributed by atoms with Crippen LogP contribution >= 0.6 is 11.6 Å². The lowest BCUT2D eigenvalue weighted by molar-refractivity contribution is -0.137. The maximum absolute atomic E-state index is 13.8. The smallest absolute Gasteiger partial charge is 0.412 e. The van der Waals surface area contributed by atoms with Gasteiger partial charge in [-0.15, -0.1) is 4.73 Å². The number of aromatic nitrogens is 3. The van der Waals surface area contributed by atoms with Gasteiger partial charge in [-0.05, 0) is 56.6 Å². The lowest BCUT2D eigenvalue weighted by Gasteiger charge is -2.14. The van der Waals surface area contributed by atoms with Crippen LogP contribution in [0.5, 0.6) is 0 Å². The highest BCUT2D eigenvalue weighted by Gasteiger charge is 2.32. The minimum Gasteiger partial charge on any atom is -0.412 e. The summed E-state index contributed by atoms with van der Waals surface area (Å²) in [5, 5.41) is 6.07. The van der Waals surface area contributed by atoms with Crippen molar-refractivity contribution in [2.75, 3.05) is 44.9 Å². The zero-order valence-electron chi connectivity index (χ0n) is 21.4. The van der Waals surface area contributed by atoms with Crippen LogP contribution in [0.3, 0.4) is 0 Å². The molecule has 4 aromatic rings. The van der Waals surface area contributed by atoms with Crippen molar-refractivity contribution in [1.82, 2.24) is 19.6 Å². The van der Waals surface area contributed by atoms with Crippen LogP contribution in [0.2, 0.25) is 5.02 Å². The zero-order valence-corrected chi connectivity index (χ0v) is 22.2. The molecule has 0 spiro atoms. The molecule has 0 fully saturated rings. The molecule has 40 heavy (non-hydrogen) atoms. The molecule has 9 nitrogen and oxygen atoms in total. The Kier molecular flexibility index (Phi) is 8.26. The number of nitrogens with one attached hydrogen (secondary N) is 2. The fourth-order valence-electron chi connectivity index (χ4n) is 3.81. The summed E-state index contributed by atoms with van der Waals surface area (Å²) in [7, 11) is 5.13. The Labute approximate surface area is 230 Å². The third-order valence-electron chi connectivity index (χ3n) is 5.73. The SMILES string of the molecule is COn1c(=O)c(-c2cc(NC(=O)c3cc(F)cc(C(F)(F)F)c3)ccc2Cl)cc2cnc(NCCN(C)C)nc21. The number of nitrogens with zero attached hydrogens (tertiary/aromatic N) is 4. The summed E-state index contributed by atoms with van der Waals surface area (Å²) in [5.74, 6) is -1.92. The highest BCUT2D eigenvalue weighted by atomic mass is 35.5. The van der Waals surface area contributed by atoms with E-state index in [1.165, 1.54) is 37.6 Å². The van der Waals surface area contributed by atoms with Crippen molar-refractivity contribution in [2.45, 2.75) is 6.18 Å². The first kappa shape index (κ1) is 28.8. The molecule has 1 amide bonds. The lowest BCUT2D eigenvalue weighted by Crippen LogP contribution is -2.28. The summed E-state index contributed by atoms with van der Waals surface area (Å²) in [6.07, 6.45) is -3.34. The van der Waals surface area contributed by atoms with Gasteiger partial charge in [0.05, 0.1) is 11.1 Å². The third kappa shape index (κ3) is 6.32. The van der Waals surface area contributed by atoms with Crippen LogP contribution in [0.15, 0.2) is 53.5 Å². The molecule has 0 aliphatic rings. The van der Waals surface area contributed by atoms with Gasteiger partial charge in [0.1, 0.15) is 12.9 Å². The van der Waals surface area contributed by atoms with Crippen molar-refractivity contribution in [3.63, 3.8) is 0 Å². The molecule has 2 N–H and O–H groups in total. The average molecular weight is 579 g/mol. The fraction of sp³-hybridized carbons (Fsp3) is 0.231. The van der Waals surface area contributed by atoms with Gasteiger partial charge in [-0.1, -0.05) is 11.6 Å². The van der Waals surface area contributed by atoms with E-state index >= 15 is 0 Å². The van der Waals surface area contributed by atoms with Crippen molar-refractivity contribution >= 4 is 40.2 Å². The van der Waals surface area contributed by atoms with Crippen molar-refractivity contribution in [3.05, 3.63) is 81.0 Å². The molecule has 14 heteroatoms. The predicted molar refractivity (Wildman–Crippen MR) is 143 cm³/mol. The van der Waals surface area contributed by atoms with Crippen LogP contribution < -0.4 is 21.0 Å². The van der Waals surface area contributed by atoms with Gasteiger partial charge < -0.3 is 20.4 Å². The second-order valence-corrected chi connectivity index (χ2v) is 9.33. The molecule has 0 saturated carbocycles. The summed E-state index contributed by atoms with van der Waals surface area (Å²) in [4.78, 5) is 42.0. The van der Waals surface area contributed by atoms with E-state index in [1.54, 1.807) is 0 Å². The van der Waals surface area contributed by atoms with Gasteiger partial charge in [-0.25, -0.2) is 9.37 Å². The first-order valence-electron chi connectivity index (χ1n) is 11.7. The number of pyridine rings is 1. The number of carbonyl (C=O) groups is 1. The Hall–Kier alpha value is -4.23. The quantitative estimate of drug-likeness (QED) is 0.296. The molecule has 0 atom stereocenters. The van der Waals surface area contributed by atoms with Crippen molar-refractivity contribution in [1.29, 1.82) is 0 Å². The second-order valence-electron chi connectivity index (χ2n) is 8.92. The monoisotopic (exact) mass is 578 g/mol. The minimum atomic E-state index is -4.84. The summed E-state index contributed by atoms with van der Waals surface area (Å²) in [5.41, 5.74) is -1.88. The van der Waals surface area contributed by atoms with E-state index in [2.05, 4.69) is 20.6 Å². The van der Waals surface area contributed by atoms with Crippen molar-refractivity contribution < 1.29 is 27.2 Å². The van der Waals surface area contributed by atoms with Gasteiger partial charge in [-0.2, -0.15) is 18.2 Å². The number of fused-ring (bicyclic) bond motifs is 1. The van der Waals surface area contributed by atoms with E-state index in [0.717, 1.165) is 11.3 Å². The first-order chi connectivity index (χ1) is 18.9. The topological polar surface area (TPSA) is 101 Å². The molecular formula is C26H23ClF4N6O3. The minimum absolute atomic E-state index is 0.0810. The Bertz CT molecular complexity index is 1640. The van der Waals surface area contributed by atoms with Crippen LogP contribution in [-0.4, -0.2) is 59.8 Å². The normalized spacial score (nSPS) is 11.6. The number of carbonyl (C=O) groups excluding carboxylic acids is 1. The van der Waals surface area contributed by atoms with Crippen LogP contribution in [-0.2, 0) is 6.18 Å².